The summed E-state index contributed by atoms with van der Waals surface area (Å²) in [6, 6.07) is 8.19. The van der Waals surface area contributed by atoms with Gasteiger partial charge in [-0.3, -0.25) is 9.52 Å². The van der Waals surface area contributed by atoms with Crippen molar-refractivity contribution in [2.75, 3.05) is 24.3 Å². The fourth-order valence-corrected chi connectivity index (χ4v) is 4.31. The molecule has 164 valence electrons. The van der Waals surface area contributed by atoms with E-state index in [-0.39, 0.29) is 22.2 Å². The number of rotatable bonds is 7. The fraction of sp³-hybridized carbons (Fsp3) is 0.250. The zero-order chi connectivity index (χ0) is 22.8. The molecule has 2 aromatic heterocycles. The third kappa shape index (κ3) is 4.61. The molecule has 1 aromatic carbocycles. The molecule has 10 nitrogen and oxygen atoms in total. The van der Waals surface area contributed by atoms with E-state index in [1.54, 1.807) is 33.0 Å². The lowest BCUT2D eigenvalue weighted by Crippen LogP contribution is -2.18. The first-order chi connectivity index (χ1) is 14.7. The Hall–Kier alpha value is -3.60. The molecule has 3 aromatic rings. The Balaban J connectivity index is 1.93. The summed E-state index contributed by atoms with van der Waals surface area (Å²) in [5, 5.41) is 6.65. The number of ether oxygens (including phenoxy) is 2. The lowest BCUT2D eigenvalue weighted by molar-refractivity contribution is 0.102. The van der Waals surface area contributed by atoms with Crippen molar-refractivity contribution in [2.45, 2.75) is 18.7 Å². The number of hydrogen-bond donors (Lipinski definition) is 2. The van der Waals surface area contributed by atoms with Gasteiger partial charge in [-0.25, -0.2) is 18.1 Å². The molecule has 0 bridgehead atoms. The number of aromatic nitrogens is 3. The summed E-state index contributed by atoms with van der Waals surface area (Å²) in [4.78, 5) is 16.3. The summed E-state index contributed by atoms with van der Waals surface area (Å²) >= 11 is 0. The van der Waals surface area contributed by atoms with Gasteiger partial charge in [0, 0.05) is 13.1 Å². The number of carbonyl (C=O) groups excluding carboxylic acids is 1. The van der Waals surface area contributed by atoms with Gasteiger partial charge < -0.3 is 14.8 Å². The van der Waals surface area contributed by atoms with E-state index in [0.29, 0.717) is 11.6 Å². The molecular weight excluding hydrogens is 422 g/mol. The molecule has 0 saturated heterocycles. The second-order valence-corrected chi connectivity index (χ2v) is 8.40. The van der Waals surface area contributed by atoms with Crippen molar-refractivity contribution in [3.05, 3.63) is 53.3 Å². The number of benzene rings is 1. The maximum Gasteiger partial charge on any atom is 0.276 e. The van der Waals surface area contributed by atoms with Crippen LogP contribution in [0.15, 0.2) is 41.4 Å². The first kappa shape index (κ1) is 22.1. The summed E-state index contributed by atoms with van der Waals surface area (Å²) in [7, 11) is 0.357. The maximum absolute atomic E-state index is 13.1. The van der Waals surface area contributed by atoms with Crippen molar-refractivity contribution in [3.63, 3.8) is 0 Å². The lowest BCUT2D eigenvalue weighted by Gasteiger charge is -2.15. The van der Waals surface area contributed by atoms with Crippen LogP contribution in [0.5, 0.6) is 11.8 Å². The molecule has 0 aliphatic rings. The molecule has 2 N–H and O–H groups in total. The Labute approximate surface area is 180 Å². The van der Waals surface area contributed by atoms with Crippen molar-refractivity contribution < 1.29 is 22.7 Å². The molecule has 0 fully saturated rings. The minimum absolute atomic E-state index is 0.101. The Bertz CT molecular complexity index is 1220. The fourth-order valence-electron chi connectivity index (χ4n) is 2.96. The Kier molecular flexibility index (Phi) is 6.16. The minimum Gasteiger partial charge on any atom is -0.481 e. The number of aryl methyl sites for hydroxylation is 3. The van der Waals surface area contributed by atoms with Crippen LogP contribution in [0, 0.1) is 13.8 Å². The van der Waals surface area contributed by atoms with Crippen molar-refractivity contribution in [3.8, 4) is 11.8 Å². The first-order valence-corrected chi connectivity index (χ1v) is 10.7. The molecular formula is C20H23N5O5S. The quantitative estimate of drug-likeness (QED) is 0.572. The summed E-state index contributed by atoms with van der Waals surface area (Å²) in [5.74, 6) is -0.243. The highest BCUT2D eigenvalue weighted by molar-refractivity contribution is 7.92. The second-order valence-electron chi connectivity index (χ2n) is 6.75. The standard InChI is InChI=1S/C20H23N5O5S/c1-12-7-6-8-13(2)18(12)24-31(27,28)16-9-14(11-21-20(16)30-5)22-19(26)15-10-17(29-4)25(3)23-15/h6-11,24H,1-5H3,(H,22,26). The van der Waals surface area contributed by atoms with Gasteiger partial charge >= 0.3 is 0 Å². The molecule has 0 aliphatic carbocycles. The Morgan fingerprint density at radius 3 is 2.35 bits per heavy atom. The highest BCUT2D eigenvalue weighted by atomic mass is 32.2. The van der Waals surface area contributed by atoms with Gasteiger partial charge in [-0.05, 0) is 31.0 Å². The molecule has 2 heterocycles. The molecule has 0 spiro atoms. The summed E-state index contributed by atoms with van der Waals surface area (Å²) < 4.78 is 40.4. The molecule has 0 atom stereocenters. The first-order valence-electron chi connectivity index (χ1n) is 9.18. The molecule has 11 heteroatoms. The van der Waals surface area contributed by atoms with E-state index in [0.717, 1.165) is 11.1 Å². The number of methoxy groups -OCH3 is 2. The van der Waals surface area contributed by atoms with E-state index < -0.39 is 15.9 Å². The summed E-state index contributed by atoms with van der Waals surface area (Å²) in [6.07, 6.45) is 1.30. The maximum atomic E-state index is 13.1. The molecule has 0 radical (unpaired) electrons. The van der Waals surface area contributed by atoms with Crippen LogP contribution in [0.25, 0.3) is 0 Å². The Morgan fingerprint density at radius 1 is 1.10 bits per heavy atom. The van der Waals surface area contributed by atoms with Crippen LogP contribution in [0.1, 0.15) is 21.6 Å². The zero-order valence-electron chi connectivity index (χ0n) is 17.8. The number of hydrogen-bond acceptors (Lipinski definition) is 7. The normalized spacial score (nSPS) is 11.1. The average molecular weight is 446 g/mol. The van der Waals surface area contributed by atoms with Gasteiger partial charge in [-0.2, -0.15) is 5.10 Å². The number of nitrogens with one attached hydrogen (secondary N) is 2. The Morgan fingerprint density at radius 2 is 1.77 bits per heavy atom. The zero-order valence-corrected chi connectivity index (χ0v) is 18.6. The number of para-hydroxylation sites is 1. The monoisotopic (exact) mass is 445 g/mol. The molecule has 0 aliphatic heterocycles. The third-order valence-electron chi connectivity index (χ3n) is 4.56. The lowest BCUT2D eigenvalue weighted by atomic mass is 10.1. The molecule has 1 amide bonds. The van der Waals surface area contributed by atoms with Gasteiger partial charge in [0.1, 0.15) is 0 Å². The predicted octanol–water partition coefficient (Wildman–Crippen LogP) is 2.50. The third-order valence-corrected chi connectivity index (χ3v) is 5.90. The highest BCUT2D eigenvalue weighted by Crippen LogP contribution is 2.29. The number of pyridine rings is 1. The second kappa shape index (κ2) is 8.64. The minimum atomic E-state index is -4.06. The van der Waals surface area contributed by atoms with Gasteiger partial charge in [0.25, 0.3) is 15.9 Å². The van der Waals surface area contributed by atoms with E-state index >= 15 is 0 Å². The van der Waals surface area contributed by atoms with Gasteiger partial charge in [0.2, 0.25) is 11.8 Å². The van der Waals surface area contributed by atoms with Crippen molar-refractivity contribution in [1.82, 2.24) is 14.8 Å². The van der Waals surface area contributed by atoms with Crippen LogP contribution in [-0.2, 0) is 17.1 Å². The van der Waals surface area contributed by atoms with Crippen LogP contribution in [-0.4, -0.2) is 43.3 Å². The number of amides is 1. The topological polar surface area (TPSA) is 124 Å². The number of sulfonamides is 1. The van der Waals surface area contributed by atoms with Gasteiger partial charge in [0.05, 0.1) is 31.8 Å². The van der Waals surface area contributed by atoms with Crippen LogP contribution in [0.2, 0.25) is 0 Å². The van der Waals surface area contributed by atoms with Crippen LogP contribution in [0.3, 0.4) is 0 Å². The van der Waals surface area contributed by atoms with E-state index in [4.69, 9.17) is 9.47 Å². The van der Waals surface area contributed by atoms with Crippen LogP contribution >= 0.6 is 0 Å². The number of carbonyl (C=O) groups is 1. The average Bonchev–Trinajstić information content (AvgIpc) is 3.11. The van der Waals surface area contributed by atoms with Crippen molar-refractivity contribution in [1.29, 1.82) is 0 Å². The summed E-state index contributed by atoms with van der Waals surface area (Å²) in [6.45, 7) is 3.61. The smallest absolute Gasteiger partial charge is 0.276 e. The van der Waals surface area contributed by atoms with E-state index in [1.807, 2.05) is 6.07 Å². The van der Waals surface area contributed by atoms with Gasteiger partial charge in [-0.1, -0.05) is 18.2 Å². The van der Waals surface area contributed by atoms with Gasteiger partial charge in [-0.15, -0.1) is 0 Å². The van der Waals surface area contributed by atoms with E-state index in [2.05, 4.69) is 20.1 Å². The predicted molar refractivity (Wildman–Crippen MR) is 115 cm³/mol. The SMILES string of the molecule is COc1ncc(NC(=O)c2cc(OC)n(C)n2)cc1S(=O)(=O)Nc1c(C)cccc1C. The molecule has 0 unspecified atom stereocenters. The van der Waals surface area contributed by atoms with E-state index in [9.17, 15) is 13.2 Å². The van der Waals surface area contributed by atoms with Crippen LogP contribution < -0.4 is 19.5 Å². The highest BCUT2D eigenvalue weighted by Gasteiger charge is 2.24. The summed E-state index contributed by atoms with van der Waals surface area (Å²) in [5.41, 5.74) is 2.28. The number of nitrogens with zero attached hydrogens (tertiary/aromatic N) is 3. The largest absolute Gasteiger partial charge is 0.481 e. The van der Waals surface area contributed by atoms with Gasteiger partial charge in [0.15, 0.2) is 10.6 Å². The van der Waals surface area contributed by atoms with Crippen molar-refractivity contribution in [2.24, 2.45) is 7.05 Å². The number of anilines is 2. The molecule has 0 saturated carbocycles. The van der Waals surface area contributed by atoms with Crippen molar-refractivity contribution >= 4 is 27.3 Å². The van der Waals surface area contributed by atoms with Crippen LogP contribution in [0.4, 0.5) is 11.4 Å². The molecule has 31 heavy (non-hydrogen) atoms. The van der Waals surface area contributed by atoms with E-state index in [1.165, 1.54) is 37.2 Å². The molecule has 3 rings (SSSR count).